The van der Waals surface area contributed by atoms with E-state index in [4.69, 9.17) is 4.74 Å². The maximum atomic E-state index is 6.13. The summed E-state index contributed by atoms with van der Waals surface area (Å²) in [5, 5.41) is 3.53. The Hall–Kier alpha value is -0.0800. The Balaban J connectivity index is 2.44. The van der Waals surface area contributed by atoms with Crippen molar-refractivity contribution in [3.8, 4) is 0 Å². The van der Waals surface area contributed by atoms with Crippen molar-refractivity contribution in [1.29, 1.82) is 0 Å². The molecular formula is C12H25NO. The number of nitrogens with one attached hydrogen (secondary N) is 1. The molecule has 0 radical (unpaired) electrons. The monoisotopic (exact) mass is 199 g/mol. The molecule has 2 unspecified atom stereocenters. The average Bonchev–Trinajstić information content (AvgIpc) is 2.01. The molecule has 1 N–H and O–H groups in total. The number of hydrogen-bond donors (Lipinski definition) is 1. The molecule has 2 heteroatoms. The zero-order chi connectivity index (χ0) is 10.8. The van der Waals surface area contributed by atoms with Gasteiger partial charge in [0.25, 0.3) is 0 Å². The second-order valence-corrected chi connectivity index (χ2v) is 5.29. The van der Waals surface area contributed by atoms with E-state index in [0.717, 1.165) is 19.3 Å². The highest BCUT2D eigenvalue weighted by atomic mass is 16.5. The molecule has 0 aliphatic carbocycles. The molecular weight excluding hydrogens is 174 g/mol. The van der Waals surface area contributed by atoms with Crippen LogP contribution in [0.3, 0.4) is 0 Å². The lowest BCUT2D eigenvalue weighted by atomic mass is 9.96. The van der Waals surface area contributed by atoms with Crippen molar-refractivity contribution in [3.63, 3.8) is 0 Å². The summed E-state index contributed by atoms with van der Waals surface area (Å²) in [6.45, 7) is 11.0. The highest BCUT2D eigenvalue weighted by Crippen LogP contribution is 2.24. The summed E-state index contributed by atoms with van der Waals surface area (Å²) in [7, 11) is 0. The van der Waals surface area contributed by atoms with Crippen LogP contribution in [0, 0.1) is 0 Å². The number of hydrogen-bond acceptors (Lipinski definition) is 2. The Kier molecular flexibility index (Phi) is 3.96. The Morgan fingerprint density at radius 1 is 1.21 bits per heavy atom. The summed E-state index contributed by atoms with van der Waals surface area (Å²) < 4.78 is 6.13. The molecule has 2 nitrogen and oxygen atoms in total. The third-order valence-corrected chi connectivity index (χ3v) is 3.14. The predicted octanol–water partition coefficient (Wildman–Crippen LogP) is 2.72. The number of rotatable bonds is 3. The fourth-order valence-corrected chi connectivity index (χ4v) is 2.14. The van der Waals surface area contributed by atoms with Gasteiger partial charge < -0.3 is 10.1 Å². The van der Waals surface area contributed by atoms with Crippen LogP contribution in [-0.4, -0.2) is 23.8 Å². The summed E-state index contributed by atoms with van der Waals surface area (Å²) in [6.07, 6.45) is 3.82. The van der Waals surface area contributed by atoms with E-state index in [1.807, 2.05) is 0 Å². The zero-order valence-corrected chi connectivity index (χ0v) is 10.3. The van der Waals surface area contributed by atoms with E-state index in [1.54, 1.807) is 0 Å². The second-order valence-electron chi connectivity index (χ2n) is 5.29. The van der Waals surface area contributed by atoms with Gasteiger partial charge in [0.05, 0.1) is 11.7 Å². The van der Waals surface area contributed by atoms with Crippen LogP contribution in [0.5, 0.6) is 0 Å². The van der Waals surface area contributed by atoms with Crippen LogP contribution in [0.2, 0.25) is 0 Å². The lowest BCUT2D eigenvalue weighted by molar-refractivity contribution is -0.0925. The maximum Gasteiger partial charge on any atom is 0.0627 e. The van der Waals surface area contributed by atoms with Crippen molar-refractivity contribution in [2.24, 2.45) is 0 Å². The van der Waals surface area contributed by atoms with Gasteiger partial charge in [-0.25, -0.2) is 0 Å². The molecule has 0 bridgehead atoms. The summed E-state index contributed by atoms with van der Waals surface area (Å²) in [6, 6.07) is 1.19. The van der Waals surface area contributed by atoms with Gasteiger partial charge >= 0.3 is 0 Å². The normalized spacial score (nSPS) is 34.5. The zero-order valence-electron chi connectivity index (χ0n) is 10.3. The first-order chi connectivity index (χ1) is 6.43. The molecule has 1 aliphatic heterocycles. The minimum Gasteiger partial charge on any atom is -0.372 e. The standard InChI is InChI=1S/C12H25NO/c1-6-12(4,5)14-11-7-9(2)13-10(3)8-11/h9-11,13H,6-8H2,1-5H3. The summed E-state index contributed by atoms with van der Waals surface area (Å²) in [4.78, 5) is 0. The van der Waals surface area contributed by atoms with Crippen LogP contribution in [0.25, 0.3) is 0 Å². The Labute approximate surface area is 88.4 Å². The third kappa shape index (κ3) is 3.58. The summed E-state index contributed by atoms with van der Waals surface area (Å²) in [5.41, 5.74) is 0.0431. The number of piperidine rings is 1. The minimum absolute atomic E-state index is 0.0431. The lowest BCUT2D eigenvalue weighted by Crippen LogP contribution is -2.47. The molecule has 0 aromatic carbocycles. The second kappa shape index (κ2) is 4.63. The van der Waals surface area contributed by atoms with E-state index >= 15 is 0 Å². The SMILES string of the molecule is CCC(C)(C)OC1CC(C)NC(C)C1. The van der Waals surface area contributed by atoms with Crippen LogP contribution in [0.1, 0.15) is 53.9 Å². The molecule has 1 rings (SSSR count). The molecule has 1 fully saturated rings. The first-order valence-corrected chi connectivity index (χ1v) is 5.87. The van der Waals surface area contributed by atoms with E-state index < -0.39 is 0 Å². The van der Waals surface area contributed by atoms with E-state index in [0.29, 0.717) is 18.2 Å². The van der Waals surface area contributed by atoms with Crippen molar-refractivity contribution in [3.05, 3.63) is 0 Å². The number of ether oxygens (including phenoxy) is 1. The molecule has 14 heavy (non-hydrogen) atoms. The fourth-order valence-electron chi connectivity index (χ4n) is 2.14. The maximum absolute atomic E-state index is 6.13. The van der Waals surface area contributed by atoms with Gasteiger partial charge in [0.2, 0.25) is 0 Å². The highest BCUT2D eigenvalue weighted by molar-refractivity contribution is 4.83. The van der Waals surface area contributed by atoms with Gasteiger partial charge in [-0.3, -0.25) is 0 Å². The van der Waals surface area contributed by atoms with Crippen molar-refractivity contribution in [2.75, 3.05) is 0 Å². The van der Waals surface area contributed by atoms with Crippen molar-refractivity contribution in [1.82, 2.24) is 5.32 Å². The third-order valence-electron chi connectivity index (χ3n) is 3.14. The van der Waals surface area contributed by atoms with Crippen LogP contribution in [-0.2, 0) is 4.74 Å². The molecule has 0 aromatic rings. The average molecular weight is 199 g/mol. The molecule has 0 amide bonds. The topological polar surface area (TPSA) is 21.3 Å². The van der Waals surface area contributed by atoms with Gasteiger partial charge in [-0.05, 0) is 47.0 Å². The molecule has 0 spiro atoms. The van der Waals surface area contributed by atoms with E-state index in [-0.39, 0.29) is 5.60 Å². The van der Waals surface area contributed by atoms with Crippen LogP contribution in [0.4, 0.5) is 0 Å². The largest absolute Gasteiger partial charge is 0.372 e. The first kappa shape index (κ1) is 12.0. The predicted molar refractivity (Wildman–Crippen MR) is 60.5 cm³/mol. The smallest absolute Gasteiger partial charge is 0.0627 e. The fraction of sp³-hybridized carbons (Fsp3) is 1.00. The quantitative estimate of drug-likeness (QED) is 0.754. The van der Waals surface area contributed by atoms with Crippen molar-refractivity contribution >= 4 is 0 Å². The summed E-state index contributed by atoms with van der Waals surface area (Å²) in [5.74, 6) is 0. The summed E-state index contributed by atoms with van der Waals surface area (Å²) >= 11 is 0. The van der Waals surface area contributed by atoms with Crippen LogP contribution < -0.4 is 5.32 Å². The van der Waals surface area contributed by atoms with Gasteiger partial charge in [-0.2, -0.15) is 0 Å². The Morgan fingerprint density at radius 2 is 1.71 bits per heavy atom. The Bertz CT molecular complexity index is 169. The molecule has 2 atom stereocenters. The van der Waals surface area contributed by atoms with Gasteiger partial charge in [0.1, 0.15) is 0 Å². The molecule has 84 valence electrons. The van der Waals surface area contributed by atoms with Gasteiger partial charge in [0.15, 0.2) is 0 Å². The molecule has 0 saturated carbocycles. The lowest BCUT2D eigenvalue weighted by Gasteiger charge is -2.37. The van der Waals surface area contributed by atoms with Crippen LogP contribution in [0.15, 0.2) is 0 Å². The van der Waals surface area contributed by atoms with E-state index in [9.17, 15) is 0 Å². The first-order valence-electron chi connectivity index (χ1n) is 5.87. The van der Waals surface area contributed by atoms with Crippen molar-refractivity contribution < 1.29 is 4.74 Å². The Morgan fingerprint density at radius 3 is 2.14 bits per heavy atom. The van der Waals surface area contributed by atoms with Crippen molar-refractivity contribution in [2.45, 2.75) is 77.7 Å². The molecule has 0 aromatic heterocycles. The minimum atomic E-state index is 0.0431. The molecule has 1 aliphatic rings. The van der Waals surface area contributed by atoms with E-state index in [2.05, 4.69) is 39.9 Å². The van der Waals surface area contributed by atoms with E-state index in [1.165, 1.54) is 0 Å². The highest BCUT2D eigenvalue weighted by Gasteiger charge is 2.28. The van der Waals surface area contributed by atoms with Gasteiger partial charge in [0, 0.05) is 12.1 Å². The molecule has 1 saturated heterocycles. The van der Waals surface area contributed by atoms with Crippen LogP contribution >= 0.6 is 0 Å². The van der Waals surface area contributed by atoms with Gasteiger partial charge in [-0.15, -0.1) is 0 Å². The molecule has 1 heterocycles. The van der Waals surface area contributed by atoms with Gasteiger partial charge in [-0.1, -0.05) is 6.92 Å².